The molecule has 0 radical (unpaired) electrons. The van der Waals surface area contributed by atoms with Crippen LogP contribution in [-0.2, 0) is 0 Å². The summed E-state index contributed by atoms with van der Waals surface area (Å²) < 4.78 is 0. The molecule has 0 spiro atoms. The topological polar surface area (TPSA) is 20.2 Å². The monoisotopic (exact) mass is 572 g/mol. The van der Waals surface area contributed by atoms with Crippen LogP contribution in [0.1, 0.15) is 0 Å². The lowest BCUT2D eigenvalue weighted by Crippen LogP contribution is -1.91. The van der Waals surface area contributed by atoms with Crippen molar-refractivity contribution < 1.29 is 5.11 Å². The molecule has 0 saturated heterocycles. The number of hydrogen-bond donors (Lipinski definition) is 1. The molecule has 9 rings (SSSR count). The number of aromatic hydroxyl groups is 1. The van der Waals surface area contributed by atoms with Crippen LogP contribution in [0, 0.1) is 0 Å². The molecule has 210 valence electrons. The van der Waals surface area contributed by atoms with Gasteiger partial charge in [-0.1, -0.05) is 127 Å². The molecule has 0 heterocycles. The van der Waals surface area contributed by atoms with Crippen molar-refractivity contribution in [1.29, 1.82) is 0 Å². The fourth-order valence-electron chi connectivity index (χ4n) is 7.09. The van der Waals surface area contributed by atoms with Crippen LogP contribution in [0.4, 0.5) is 0 Å². The van der Waals surface area contributed by atoms with Crippen molar-refractivity contribution in [3.63, 3.8) is 0 Å². The first-order valence-corrected chi connectivity index (χ1v) is 15.4. The molecular formula is C44H28O. The third-order valence-electron chi connectivity index (χ3n) is 9.26. The van der Waals surface area contributed by atoms with Gasteiger partial charge >= 0.3 is 0 Å². The Labute approximate surface area is 261 Å². The maximum atomic E-state index is 10.0. The molecular weight excluding hydrogens is 544 g/mol. The van der Waals surface area contributed by atoms with Gasteiger partial charge in [-0.2, -0.15) is 0 Å². The van der Waals surface area contributed by atoms with Gasteiger partial charge in [0.05, 0.1) is 0 Å². The number of benzene rings is 9. The van der Waals surface area contributed by atoms with E-state index >= 15 is 0 Å². The minimum absolute atomic E-state index is 0.286. The molecule has 1 N–H and O–H groups in total. The van der Waals surface area contributed by atoms with Gasteiger partial charge in [0.1, 0.15) is 5.75 Å². The van der Waals surface area contributed by atoms with Crippen LogP contribution < -0.4 is 0 Å². The SMILES string of the molecule is Oc1ccc2ccc(-c3ccc4ccc(-c5c6ccccc6c(-c6ccc7ccccc7c6)c6ccccc56)cc4c3)cc2c1. The summed E-state index contributed by atoms with van der Waals surface area (Å²) >= 11 is 0. The van der Waals surface area contributed by atoms with Crippen molar-refractivity contribution >= 4 is 53.9 Å². The lowest BCUT2D eigenvalue weighted by Gasteiger charge is -2.18. The Kier molecular flexibility index (Phi) is 5.73. The second-order valence-corrected chi connectivity index (χ2v) is 11.9. The van der Waals surface area contributed by atoms with E-state index in [0.29, 0.717) is 0 Å². The van der Waals surface area contributed by atoms with Gasteiger partial charge in [-0.25, -0.2) is 0 Å². The van der Waals surface area contributed by atoms with Gasteiger partial charge in [0.15, 0.2) is 0 Å². The van der Waals surface area contributed by atoms with Gasteiger partial charge in [-0.05, 0) is 124 Å². The van der Waals surface area contributed by atoms with E-state index in [4.69, 9.17) is 0 Å². The fraction of sp³-hybridized carbons (Fsp3) is 0. The lowest BCUT2D eigenvalue weighted by atomic mass is 9.85. The summed E-state index contributed by atoms with van der Waals surface area (Å²) in [6.45, 7) is 0. The predicted octanol–water partition coefficient (Wildman–Crippen LogP) is 12.2. The lowest BCUT2D eigenvalue weighted by molar-refractivity contribution is 0.476. The zero-order valence-corrected chi connectivity index (χ0v) is 24.5. The highest BCUT2D eigenvalue weighted by Gasteiger charge is 2.17. The van der Waals surface area contributed by atoms with Gasteiger partial charge in [0.2, 0.25) is 0 Å². The molecule has 0 saturated carbocycles. The highest BCUT2D eigenvalue weighted by Crippen LogP contribution is 2.44. The summed E-state index contributed by atoms with van der Waals surface area (Å²) in [5, 5.41) is 22.1. The number of phenolic OH excluding ortho intramolecular Hbond substituents is 1. The van der Waals surface area contributed by atoms with Crippen molar-refractivity contribution in [3.8, 4) is 39.1 Å². The van der Waals surface area contributed by atoms with Gasteiger partial charge < -0.3 is 5.11 Å². The van der Waals surface area contributed by atoms with Crippen molar-refractivity contribution in [3.05, 3.63) is 164 Å². The summed E-state index contributed by atoms with van der Waals surface area (Å²) in [5.74, 6) is 0.286. The van der Waals surface area contributed by atoms with E-state index in [2.05, 4.69) is 146 Å². The molecule has 1 heteroatoms. The van der Waals surface area contributed by atoms with E-state index in [1.807, 2.05) is 12.1 Å². The standard InChI is InChI=1S/C44H28O/c45-38-22-21-30-14-18-33(25-37(30)27-38)32-17-13-29-16-20-35(26-36(29)24-32)44-41-11-5-3-9-39(41)43(40-10-4-6-12-42(40)44)34-19-15-28-7-1-2-8-31(28)23-34/h1-27,45H. The minimum atomic E-state index is 0.286. The Balaban J connectivity index is 1.26. The Hall–Kier alpha value is -5.92. The smallest absolute Gasteiger partial charge is 0.116 e. The average molecular weight is 573 g/mol. The first-order chi connectivity index (χ1) is 22.2. The van der Waals surface area contributed by atoms with Gasteiger partial charge in [0.25, 0.3) is 0 Å². The second kappa shape index (κ2) is 10.1. The largest absolute Gasteiger partial charge is 0.508 e. The summed E-state index contributed by atoms with van der Waals surface area (Å²) in [6.07, 6.45) is 0. The van der Waals surface area contributed by atoms with E-state index in [1.54, 1.807) is 6.07 Å². The maximum absolute atomic E-state index is 10.0. The first-order valence-electron chi connectivity index (χ1n) is 15.4. The molecule has 1 nitrogen and oxygen atoms in total. The Morgan fingerprint density at radius 1 is 0.267 bits per heavy atom. The zero-order valence-electron chi connectivity index (χ0n) is 24.5. The van der Waals surface area contributed by atoms with Crippen molar-refractivity contribution in [2.45, 2.75) is 0 Å². The molecule has 9 aromatic carbocycles. The maximum Gasteiger partial charge on any atom is 0.116 e. The van der Waals surface area contributed by atoms with Crippen LogP contribution in [-0.4, -0.2) is 5.11 Å². The number of phenols is 1. The van der Waals surface area contributed by atoms with E-state index in [-0.39, 0.29) is 5.75 Å². The summed E-state index contributed by atoms with van der Waals surface area (Å²) in [7, 11) is 0. The van der Waals surface area contributed by atoms with Gasteiger partial charge in [-0.15, -0.1) is 0 Å². The third-order valence-corrected chi connectivity index (χ3v) is 9.26. The van der Waals surface area contributed by atoms with E-state index in [0.717, 1.165) is 21.9 Å². The summed E-state index contributed by atoms with van der Waals surface area (Å²) in [5.41, 5.74) is 7.28. The van der Waals surface area contributed by atoms with Crippen LogP contribution in [0.25, 0.3) is 87.2 Å². The van der Waals surface area contributed by atoms with Crippen LogP contribution in [0.2, 0.25) is 0 Å². The van der Waals surface area contributed by atoms with Crippen LogP contribution in [0.15, 0.2) is 164 Å². The average Bonchev–Trinajstić information content (AvgIpc) is 3.09. The van der Waals surface area contributed by atoms with E-state index in [9.17, 15) is 5.11 Å². The minimum Gasteiger partial charge on any atom is -0.508 e. The molecule has 0 atom stereocenters. The second-order valence-electron chi connectivity index (χ2n) is 11.9. The Morgan fingerprint density at radius 2 is 0.622 bits per heavy atom. The highest BCUT2D eigenvalue weighted by molar-refractivity contribution is 6.22. The van der Waals surface area contributed by atoms with E-state index < -0.39 is 0 Å². The van der Waals surface area contributed by atoms with Gasteiger partial charge in [-0.3, -0.25) is 0 Å². The molecule has 0 fully saturated rings. The van der Waals surface area contributed by atoms with Gasteiger partial charge in [0, 0.05) is 0 Å². The molecule has 0 bridgehead atoms. The fourth-order valence-corrected chi connectivity index (χ4v) is 7.09. The van der Waals surface area contributed by atoms with Crippen molar-refractivity contribution in [2.75, 3.05) is 0 Å². The molecule has 0 aromatic heterocycles. The molecule has 0 unspecified atom stereocenters. The Bertz CT molecular complexity index is 2550. The third kappa shape index (κ3) is 4.24. The molecule has 45 heavy (non-hydrogen) atoms. The molecule has 0 aliphatic rings. The highest BCUT2D eigenvalue weighted by atomic mass is 16.3. The number of fused-ring (bicyclic) bond motifs is 5. The molecule has 0 aliphatic carbocycles. The Morgan fingerprint density at radius 3 is 1.16 bits per heavy atom. The van der Waals surface area contributed by atoms with Crippen molar-refractivity contribution in [1.82, 2.24) is 0 Å². The normalized spacial score (nSPS) is 11.6. The quantitative estimate of drug-likeness (QED) is 0.209. The summed E-state index contributed by atoms with van der Waals surface area (Å²) in [4.78, 5) is 0. The van der Waals surface area contributed by atoms with E-state index in [1.165, 1.54) is 65.3 Å². The van der Waals surface area contributed by atoms with Crippen LogP contribution >= 0.6 is 0 Å². The molecule has 9 aromatic rings. The number of hydrogen-bond acceptors (Lipinski definition) is 1. The summed E-state index contributed by atoms with van der Waals surface area (Å²) in [6, 6.07) is 58.6. The zero-order chi connectivity index (χ0) is 29.9. The van der Waals surface area contributed by atoms with Crippen molar-refractivity contribution in [2.24, 2.45) is 0 Å². The molecule has 0 aliphatic heterocycles. The number of rotatable bonds is 3. The molecule has 0 amide bonds. The predicted molar refractivity (Wildman–Crippen MR) is 192 cm³/mol. The van der Waals surface area contributed by atoms with Crippen LogP contribution in [0.3, 0.4) is 0 Å². The van der Waals surface area contributed by atoms with Crippen LogP contribution in [0.5, 0.6) is 5.75 Å². The first kappa shape index (κ1) is 25.6.